The summed E-state index contributed by atoms with van der Waals surface area (Å²) in [4.78, 5) is 11.2. The van der Waals surface area contributed by atoms with Crippen molar-refractivity contribution in [1.29, 1.82) is 0 Å². The third kappa shape index (κ3) is 13.0. The Balaban J connectivity index is 5.07. The van der Waals surface area contributed by atoms with Crippen molar-refractivity contribution in [3.8, 4) is 0 Å². The minimum Gasteiger partial charge on any atom is -0.550 e. The molecule has 0 fully saturated rings. The number of carbonyl (C=O) groups excluding carboxylic acids is 1. The molecule has 0 aliphatic carbocycles. The second kappa shape index (κ2) is 16.1. The SMILES string of the molecule is CC/C=C/CCC(O)C[N+](CCCCC)(CCCCC)CCC(C)C(=O)[O-]. The van der Waals surface area contributed by atoms with Crippen LogP contribution in [-0.2, 0) is 4.79 Å². The van der Waals surface area contributed by atoms with E-state index in [-0.39, 0.29) is 6.10 Å². The summed E-state index contributed by atoms with van der Waals surface area (Å²) in [5.74, 6) is -1.38. The van der Waals surface area contributed by atoms with E-state index in [9.17, 15) is 15.0 Å². The molecule has 27 heavy (non-hydrogen) atoms. The molecule has 0 radical (unpaired) electrons. The fraction of sp³-hybridized carbons (Fsp3) is 0.870. The zero-order chi connectivity index (χ0) is 20.5. The van der Waals surface area contributed by atoms with E-state index in [1.807, 2.05) is 0 Å². The summed E-state index contributed by atoms with van der Waals surface area (Å²) in [5.41, 5.74) is 0. The second-order valence-electron chi connectivity index (χ2n) is 8.23. The Labute approximate surface area is 168 Å². The number of hydrogen-bond donors (Lipinski definition) is 1. The lowest BCUT2D eigenvalue weighted by Crippen LogP contribution is -2.54. The van der Waals surface area contributed by atoms with Crippen molar-refractivity contribution in [2.75, 3.05) is 26.2 Å². The highest BCUT2D eigenvalue weighted by Gasteiger charge is 2.30. The average molecular weight is 384 g/mol. The number of rotatable bonds is 18. The van der Waals surface area contributed by atoms with Crippen LogP contribution >= 0.6 is 0 Å². The fourth-order valence-corrected chi connectivity index (χ4v) is 3.70. The van der Waals surface area contributed by atoms with Crippen molar-refractivity contribution in [1.82, 2.24) is 0 Å². The zero-order valence-electron chi connectivity index (χ0n) is 18.4. The van der Waals surface area contributed by atoms with Gasteiger partial charge in [0.05, 0.1) is 19.6 Å². The molecule has 0 aliphatic rings. The molecule has 0 bridgehead atoms. The quantitative estimate of drug-likeness (QED) is 0.220. The Bertz CT molecular complexity index is 385. The van der Waals surface area contributed by atoms with Crippen LogP contribution < -0.4 is 5.11 Å². The predicted molar refractivity (Wildman–Crippen MR) is 112 cm³/mol. The molecule has 2 unspecified atom stereocenters. The van der Waals surface area contributed by atoms with Crippen molar-refractivity contribution >= 4 is 5.97 Å². The standard InChI is InChI=1S/C23H45NO3/c1-5-8-11-12-15-22(25)20-24(17-13-9-6-2,18-14-10-7-3)19-16-21(4)23(26)27/h8,11,21-22,25H,5-7,9-10,12-20H2,1-4H3/b11-8+. The number of aliphatic hydroxyl groups is 1. The van der Waals surface area contributed by atoms with Crippen LogP contribution in [0, 0.1) is 5.92 Å². The van der Waals surface area contributed by atoms with Crippen molar-refractivity contribution in [3.05, 3.63) is 12.2 Å². The van der Waals surface area contributed by atoms with Gasteiger partial charge in [-0.25, -0.2) is 0 Å². The Morgan fingerprint density at radius 3 is 2.04 bits per heavy atom. The van der Waals surface area contributed by atoms with E-state index in [4.69, 9.17) is 0 Å². The summed E-state index contributed by atoms with van der Waals surface area (Å²) in [7, 11) is 0. The fourth-order valence-electron chi connectivity index (χ4n) is 3.70. The number of carbonyl (C=O) groups is 1. The lowest BCUT2D eigenvalue weighted by molar-refractivity contribution is -0.931. The van der Waals surface area contributed by atoms with E-state index in [0.29, 0.717) is 6.42 Å². The number of carboxylic acids is 1. The molecular formula is C23H45NO3. The van der Waals surface area contributed by atoms with Crippen LogP contribution in [0.15, 0.2) is 12.2 Å². The van der Waals surface area contributed by atoms with Crippen LogP contribution in [0.5, 0.6) is 0 Å². The van der Waals surface area contributed by atoms with Crippen LogP contribution in [0.4, 0.5) is 0 Å². The lowest BCUT2D eigenvalue weighted by atomic mass is 10.0. The molecule has 0 aliphatic heterocycles. The van der Waals surface area contributed by atoms with Crippen LogP contribution in [0.1, 0.15) is 91.9 Å². The smallest absolute Gasteiger partial charge is 0.105 e. The molecule has 0 aromatic carbocycles. The monoisotopic (exact) mass is 383 g/mol. The first-order valence-electron chi connectivity index (χ1n) is 11.3. The molecule has 0 heterocycles. The number of quaternary nitrogens is 1. The van der Waals surface area contributed by atoms with E-state index in [2.05, 4.69) is 32.9 Å². The first-order valence-corrected chi connectivity index (χ1v) is 11.3. The van der Waals surface area contributed by atoms with Crippen molar-refractivity contribution < 1.29 is 19.5 Å². The molecule has 0 spiro atoms. The van der Waals surface area contributed by atoms with Crippen molar-refractivity contribution in [3.63, 3.8) is 0 Å². The molecule has 4 heteroatoms. The molecule has 0 saturated carbocycles. The molecule has 1 N–H and O–H groups in total. The van der Waals surface area contributed by atoms with E-state index in [1.165, 1.54) is 25.7 Å². The van der Waals surface area contributed by atoms with E-state index in [0.717, 1.165) is 62.8 Å². The van der Waals surface area contributed by atoms with Gasteiger partial charge in [-0.05, 0) is 44.9 Å². The minimum absolute atomic E-state index is 0.326. The molecule has 0 saturated heterocycles. The zero-order valence-corrected chi connectivity index (χ0v) is 18.4. The number of unbranched alkanes of at least 4 members (excludes halogenated alkanes) is 4. The summed E-state index contributed by atoms with van der Waals surface area (Å²) >= 11 is 0. The van der Waals surface area contributed by atoms with Gasteiger partial charge in [0.2, 0.25) is 0 Å². The van der Waals surface area contributed by atoms with Gasteiger partial charge in [-0.2, -0.15) is 0 Å². The number of allylic oxidation sites excluding steroid dienone is 2. The predicted octanol–water partition coefficient (Wildman–Crippen LogP) is 4.07. The van der Waals surface area contributed by atoms with Gasteiger partial charge >= 0.3 is 0 Å². The van der Waals surface area contributed by atoms with Gasteiger partial charge in [-0.3, -0.25) is 0 Å². The highest BCUT2D eigenvalue weighted by Crippen LogP contribution is 2.19. The summed E-state index contributed by atoms with van der Waals surface area (Å²) in [6.45, 7) is 11.9. The number of aliphatic hydroxyl groups excluding tert-OH is 1. The minimum atomic E-state index is -0.958. The summed E-state index contributed by atoms with van der Waals surface area (Å²) in [5, 5.41) is 21.9. The molecule has 4 nitrogen and oxygen atoms in total. The number of hydrogen-bond acceptors (Lipinski definition) is 3. The third-order valence-corrected chi connectivity index (χ3v) is 5.58. The van der Waals surface area contributed by atoms with Crippen LogP contribution in [0.25, 0.3) is 0 Å². The molecule has 0 amide bonds. The molecule has 0 rings (SSSR count). The van der Waals surface area contributed by atoms with E-state index < -0.39 is 11.9 Å². The third-order valence-electron chi connectivity index (χ3n) is 5.58. The molecule has 0 aromatic heterocycles. The van der Waals surface area contributed by atoms with Gasteiger partial charge in [0.1, 0.15) is 12.6 Å². The molecular weight excluding hydrogens is 338 g/mol. The van der Waals surface area contributed by atoms with Crippen molar-refractivity contribution in [2.45, 2.75) is 98.0 Å². The van der Waals surface area contributed by atoms with E-state index in [1.54, 1.807) is 6.92 Å². The largest absolute Gasteiger partial charge is 0.550 e. The average Bonchev–Trinajstić information content (AvgIpc) is 2.63. The lowest BCUT2D eigenvalue weighted by Gasteiger charge is -2.41. The first-order chi connectivity index (χ1) is 12.9. The van der Waals surface area contributed by atoms with Crippen LogP contribution in [0.3, 0.4) is 0 Å². The maximum absolute atomic E-state index is 11.2. The van der Waals surface area contributed by atoms with E-state index >= 15 is 0 Å². The Kier molecular flexibility index (Phi) is 15.6. The number of nitrogens with zero attached hydrogens (tertiary/aromatic N) is 1. The van der Waals surface area contributed by atoms with Gasteiger partial charge in [0.25, 0.3) is 0 Å². The summed E-state index contributed by atoms with van der Waals surface area (Å²) in [6, 6.07) is 0. The molecule has 160 valence electrons. The molecule has 2 atom stereocenters. The first kappa shape index (κ1) is 26.1. The normalized spacial score (nSPS) is 14.6. The molecule has 0 aromatic rings. The maximum atomic E-state index is 11.2. The maximum Gasteiger partial charge on any atom is 0.105 e. The Hall–Kier alpha value is -0.870. The Morgan fingerprint density at radius 2 is 1.56 bits per heavy atom. The number of aliphatic carboxylic acids is 1. The van der Waals surface area contributed by atoms with Gasteiger partial charge in [0.15, 0.2) is 0 Å². The number of carboxylic acid groups (broad SMARTS) is 1. The van der Waals surface area contributed by atoms with Gasteiger partial charge in [-0.1, -0.05) is 52.7 Å². The van der Waals surface area contributed by atoms with Crippen molar-refractivity contribution in [2.24, 2.45) is 5.92 Å². The second-order valence-corrected chi connectivity index (χ2v) is 8.23. The van der Waals surface area contributed by atoms with Gasteiger partial charge in [-0.15, -0.1) is 0 Å². The van der Waals surface area contributed by atoms with Crippen LogP contribution in [-0.4, -0.2) is 47.8 Å². The summed E-state index contributed by atoms with van der Waals surface area (Å²) in [6.07, 6.45) is 14.4. The topological polar surface area (TPSA) is 60.4 Å². The van der Waals surface area contributed by atoms with Gasteiger partial charge in [0, 0.05) is 18.3 Å². The highest BCUT2D eigenvalue weighted by molar-refractivity contribution is 5.66. The Morgan fingerprint density at radius 1 is 0.963 bits per heavy atom. The summed E-state index contributed by atoms with van der Waals surface area (Å²) < 4.78 is 0.857. The van der Waals surface area contributed by atoms with Gasteiger partial charge < -0.3 is 19.5 Å². The highest BCUT2D eigenvalue weighted by atomic mass is 16.4. The van der Waals surface area contributed by atoms with Crippen LogP contribution in [0.2, 0.25) is 0 Å².